The lowest BCUT2D eigenvalue weighted by Gasteiger charge is -2.32. The van der Waals surface area contributed by atoms with Crippen LogP contribution in [0.1, 0.15) is 31.4 Å². The van der Waals surface area contributed by atoms with E-state index in [0.717, 1.165) is 25.5 Å². The molecule has 0 unspecified atom stereocenters. The molecule has 0 aliphatic heterocycles. The zero-order chi connectivity index (χ0) is 15.5. The molecule has 2 rings (SSSR count). The van der Waals surface area contributed by atoms with Crippen LogP contribution in [-0.4, -0.2) is 37.1 Å². The minimum absolute atomic E-state index is 0.138. The van der Waals surface area contributed by atoms with Gasteiger partial charge in [0.2, 0.25) is 0 Å². The fourth-order valence-corrected chi connectivity index (χ4v) is 3.16. The van der Waals surface area contributed by atoms with Gasteiger partial charge in [0, 0.05) is 18.5 Å². The van der Waals surface area contributed by atoms with Crippen LogP contribution in [0.15, 0.2) is 18.2 Å². The standard InChI is InChI=1S/C15H22F3N3/c1-21(2)11-14(8-3-4-9-14)10-19-13-7-5-6-12(20-13)15(16,17)18/h5-7H,3-4,8-11H2,1-2H3,(H,19,20). The van der Waals surface area contributed by atoms with Crippen molar-refractivity contribution in [1.29, 1.82) is 0 Å². The number of pyridine rings is 1. The maximum Gasteiger partial charge on any atom is 0.433 e. The molecule has 1 aromatic heterocycles. The summed E-state index contributed by atoms with van der Waals surface area (Å²) in [5.74, 6) is 0.301. The molecule has 1 N–H and O–H groups in total. The van der Waals surface area contributed by atoms with E-state index in [2.05, 4.69) is 15.2 Å². The minimum Gasteiger partial charge on any atom is -0.369 e. The topological polar surface area (TPSA) is 28.2 Å². The molecule has 0 atom stereocenters. The smallest absolute Gasteiger partial charge is 0.369 e. The maximum absolute atomic E-state index is 12.7. The van der Waals surface area contributed by atoms with E-state index < -0.39 is 11.9 Å². The highest BCUT2D eigenvalue weighted by atomic mass is 19.4. The fraction of sp³-hybridized carbons (Fsp3) is 0.667. The second-order valence-corrected chi connectivity index (χ2v) is 6.20. The quantitative estimate of drug-likeness (QED) is 0.900. The molecule has 0 amide bonds. The molecule has 0 saturated heterocycles. The lowest BCUT2D eigenvalue weighted by Crippen LogP contribution is -2.37. The summed E-state index contributed by atoms with van der Waals surface area (Å²) in [7, 11) is 4.06. The molecule has 0 spiro atoms. The number of nitrogens with one attached hydrogen (secondary N) is 1. The number of alkyl halides is 3. The van der Waals surface area contributed by atoms with E-state index in [4.69, 9.17) is 0 Å². The summed E-state index contributed by atoms with van der Waals surface area (Å²) in [5.41, 5.74) is -0.708. The minimum atomic E-state index is -4.40. The third-order valence-electron chi connectivity index (χ3n) is 4.00. The van der Waals surface area contributed by atoms with Crippen molar-refractivity contribution < 1.29 is 13.2 Å². The van der Waals surface area contributed by atoms with Crippen LogP contribution in [0.5, 0.6) is 0 Å². The van der Waals surface area contributed by atoms with Crippen molar-refractivity contribution in [3.8, 4) is 0 Å². The summed E-state index contributed by atoms with van der Waals surface area (Å²) in [6.45, 7) is 1.61. The molecule has 1 fully saturated rings. The van der Waals surface area contributed by atoms with Crippen LogP contribution in [0.2, 0.25) is 0 Å². The van der Waals surface area contributed by atoms with Gasteiger partial charge in [-0.3, -0.25) is 0 Å². The number of aromatic nitrogens is 1. The molecule has 1 heterocycles. The first-order valence-electron chi connectivity index (χ1n) is 7.24. The van der Waals surface area contributed by atoms with E-state index in [1.807, 2.05) is 14.1 Å². The molecular weight excluding hydrogens is 279 g/mol. The Bertz CT molecular complexity index is 465. The van der Waals surface area contributed by atoms with E-state index in [9.17, 15) is 13.2 Å². The molecule has 0 bridgehead atoms. The van der Waals surface area contributed by atoms with Gasteiger partial charge in [-0.1, -0.05) is 18.9 Å². The first kappa shape index (κ1) is 16.1. The molecule has 0 aromatic carbocycles. The molecule has 3 nitrogen and oxygen atoms in total. The van der Waals surface area contributed by atoms with Crippen molar-refractivity contribution in [2.24, 2.45) is 5.41 Å². The first-order valence-corrected chi connectivity index (χ1v) is 7.24. The highest BCUT2D eigenvalue weighted by Crippen LogP contribution is 2.38. The third-order valence-corrected chi connectivity index (χ3v) is 4.00. The highest BCUT2D eigenvalue weighted by Gasteiger charge is 2.35. The van der Waals surface area contributed by atoms with E-state index in [0.29, 0.717) is 12.4 Å². The SMILES string of the molecule is CN(C)CC1(CNc2cccc(C(F)(F)F)n2)CCCC1. The van der Waals surface area contributed by atoms with Crippen molar-refractivity contribution in [2.45, 2.75) is 31.9 Å². The largest absolute Gasteiger partial charge is 0.433 e. The Hall–Kier alpha value is -1.30. The highest BCUT2D eigenvalue weighted by molar-refractivity contribution is 5.36. The van der Waals surface area contributed by atoms with Crippen LogP contribution >= 0.6 is 0 Å². The van der Waals surface area contributed by atoms with Gasteiger partial charge in [0.25, 0.3) is 0 Å². The second-order valence-electron chi connectivity index (χ2n) is 6.20. The van der Waals surface area contributed by atoms with E-state index in [1.165, 1.54) is 18.9 Å². The zero-order valence-electron chi connectivity index (χ0n) is 12.5. The van der Waals surface area contributed by atoms with Gasteiger partial charge in [0.15, 0.2) is 0 Å². The molecule has 1 saturated carbocycles. The summed E-state index contributed by atoms with van der Waals surface area (Å²) >= 11 is 0. The van der Waals surface area contributed by atoms with Crippen LogP contribution in [-0.2, 0) is 6.18 Å². The van der Waals surface area contributed by atoms with E-state index in [-0.39, 0.29) is 5.41 Å². The van der Waals surface area contributed by atoms with Crippen LogP contribution in [0.3, 0.4) is 0 Å². The van der Waals surface area contributed by atoms with Gasteiger partial charge in [-0.25, -0.2) is 4.98 Å². The predicted molar refractivity (Wildman–Crippen MR) is 77.2 cm³/mol. The normalized spacial score (nSPS) is 18.2. The molecule has 1 aliphatic carbocycles. The Morgan fingerprint density at radius 2 is 1.90 bits per heavy atom. The number of halogens is 3. The summed E-state index contributed by atoms with van der Waals surface area (Å²) < 4.78 is 38.0. The first-order chi connectivity index (χ1) is 9.81. The maximum atomic E-state index is 12.7. The Morgan fingerprint density at radius 3 is 2.48 bits per heavy atom. The Balaban J connectivity index is 2.04. The van der Waals surface area contributed by atoms with Gasteiger partial charge in [-0.05, 0) is 39.1 Å². The van der Waals surface area contributed by atoms with E-state index >= 15 is 0 Å². The van der Waals surface area contributed by atoms with Crippen LogP contribution < -0.4 is 5.32 Å². The van der Waals surface area contributed by atoms with Crippen molar-refractivity contribution in [1.82, 2.24) is 9.88 Å². The Labute approximate surface area is 123 Å². The van der Waals surface area contributed by atoms with Gasteiger partial charge in [0.05, 0.1) is 0 Å². The fourth-order valence-electron chi connectivity index (χ4n) is 3.16. The van der Waals surface area contributed by atoms with Crippen molar-refractivity contribution in [3.63, 3.8) is 0 Å². The predicted octanol–water partition coefficient (Wildman–Crippen LogP) is 3.63. The van der Waals surface area contributed by atoms with Gasteiger partial charge in [-0.15, -0.1) is 0 Å². The summed E-state index contributed by atoms with van der Waals surface area (Å²) in [6.07, 6.45) is 0.192. The van der Waals surface area contributed by atoms with Gasteiger partial charge in [-0.2, -0.15) is 13.2 Å². The Kier molecular flexibility index (Phi) is 4.76. The van der Waals surface area contributed by atoms with Crippen molar-refractivity contribution >= 4 is 5.82 Å². The molecular formula is C15H22F3N3. The van der Waals surface area contributed by atoms with Crippen molar-refractivity contribution in [3.05, 3.63) is 23.9 Å². The Morgan fingerprint density at radius 1 is 1.24 bits per heavy atom. The number of hydrogen-bond donors (Lipinski definition) is 1. The van der Waals surface area contributed by atoms with Gasteiger partial charge in [0.1, 0.15) is 11.5 Å². The van der Waals surface area contributed by atoms with Crippen molar-refractivity contribution in [2.75, 3.05) is 32.5 Å². The third kappa shape index (κ3) is 4.33. The molecule has 6 heteroatoms. The average Bonchev–Trinajstić information content (AvgIpc) is 2.84. The number of nitrogens with zero attached hydrogens (tertiary/aromatic N) is 2. The molecule has 118 valence electrons. The molecule has 1 aliphatic rings. The molecule has 0 radical (unpaired) electrons. The molecule has 1 aromatic rings. The summed E-state index contributed by atoms with van der Waals surface area (Å²) in [6, 6.07) is 3.98. The van der Waals surface area contributed by atoms with Gasteiger partial charge < -0.3 is 10.2 Å². The second kappa shape index (κ2) is 6.22. The average molecular weight is 301 g/mol. The summed E-state index contributed by atoms with van der Waals surface area (Å²) in [4.78, 5) is 5.81. The monoisotopic (exact) mass is 301 g/mol. The van der Waals surface area contributed by atoms with Crippen LogP contribution in [0, 0.1) is 5.41 Å². The number of hydrogen-bond acceptors (Lipinski definition) is 3. The summed E-state index contributed by atoms with van der Waals surface area (Å²) in [5, 5.41) is 3.11. The zero-order valence-corrected chi connectivity index (χ0v) is 12.5. The van der Waals surface area contributed by atoms with Crippen LogP contribution in [0.4, 0.5) is 19.0 Å². The van der Waals surface area contributed by atoms with Crippen LogP contribution in [0.25, 0.3) is 0 Å². The lowest BCUT2D eigenvalue weighted by molar-refractivity contribution is -0.141. The lowest BCUT2D eigenvalue weighted by atomic mass is 9.85. The van der Waals surface area contributed by atoms with Gasteiger partial charge >= 0.3 is 6.18 Å². The molecule has 21 heavy (non-hydrogen) atoms. The van der Waals surface area contributed by atoms with E-state index in [1.54, 1.807) is 6.07 Å². The number of anilines is 1. The number of rotatable bonds is 5.